The highest BCUT2D eigenvalue weighted by Crippen LogP contribution is 2.00. The maximum Gasteiger partial charge on any atom is 0.222 e. The van der Waals surface area contributed by atoms with Crippen LogP contribution in [0.3, 0.4) is 0 Å². The average Bonchev–Trinajstić information content (AvgIpc) is 2.78. The minimum absolute atomic E-state index is 0.0263. The molecule has 0 saturated carbocycles. The van der Waals surface area contributed by atoms with Crippen molar-refractivity contribution in [2.45, 2.75) is 52.8 Å². The lowest BCUT2D eigenvalue weighted by Crippen LogP contribution is -2.35. The predicted octanol–water partition coefficient (Wildman–Crippen LogP) is 1.96. The van der Waals surface area contributed by atoms with Crippen LogP contribution in [-0.2, 0) is 28.5 Å². The Balaban J connectivity index is 3.22. The summed E-state index contributed by atoms with van der Waals surface area (Å²) < 4.78 is 40.5. The molecule has 0 rings (SSSR count). The van der Waals surface area contributed by atoms with Gasteiger partial charge in [-0.1, -0.05) is 20.8 Å². The van der Waals surface area contributed by atoms with Crippen molar-refractivity contribution >= 4 is 5.91 Å². The number of carbonyl (C=O) groups excluding carboxylic acids is 1. The predicted molar refractivity (Wildman–Crippen MR) is 119 cm³/mol. The minimum atomic E-state index is -1.22. The number of rotatable bonds is 23. The molecule has 186 valence electrons. The zero-order valence-electron chi connectivity index (χ0n) is 20.0. The van der Waals surface area contributed by atoms with Gasteiger partial charge in [0.1, 0.15) is 6.17 Å². The van der Waals surface area contributed by atoms with E-state index in [1.807, 2.05) is 13.8 Å². The second-order valence-electron chi connectivity index (χ2n) is 7.44. The van der Waals surface area contributed by atoms with Crippen LogP contribution >= 0.6 is 0 Å². The van der Waals surface area contributed by atoms with E-state index in [1.54, 1.807) is 0 Å². The van der Waals surface area contributed by atoms with E-state index in [-0.39, 0.29) is 25.0 Å². The van der Waals surface area contributed by atoms with Gasteiger partial charge in [-0.2, -0.15) is 0 Å². The molecule has 0 radical (unpaired) electrons. The third kappa shape index (κ3) is 20.8. The summed E-state index contributed by atoms with van der Waals surface area (Å²) in [6.45, 7) is 13.2. The van der Waals surface area contributed by atoms with Crippen LogP contribution in [0.2, 0.25) is 0 Å². The van der Waals surface area contributed by atoms with Crippen LogP contribution in [0, 0.1) is 5.92 Å². The van der Waals surface area contributed by atoms with Gasteiger partial charge in [-0.3, -0.25) is 4.79 Å². The van der Waals surface area contributed by atoms with Crippen molar-refractivity contribution in [3.8, 4) is 0 Å². The fraction of sp³-hybridized carbons (Fsp3) is 0.955. The summed E-state index contributed by atoms with van der Waals surface area (Å²) in [6, 6.07) is 0.524. The van der Waals surface area contributed by atoms with E-state index in [9.17, 15) is 9.18 Å². The summed E-state index contributed by atoms with van der Waals surface area (Å²) in [4.78, 5) is 11.6. The zero-order valence-corrected chi connectivity index (χ0v) is 20.0. The van der Waals surface area contributed by atoms with Crippen molar-refractivity contribution in [1.29, 1.82) is 0 Å². The number of hydrogen-bond donors (Lipinski definition) is 2. The molecule has 0 bridgehead atoms. The van der Waals surface area contributed by atoms with E-state index in [0.29, 0.717) is 65.5 Å². The van der Waals surface area contributed by atoms with E-state index >= 15 is 0 Å². The Morgan fingerprint density at radius 3 is 1.74 bits per heavy atom. The van der Waals surface area contributed by atoms with E-state index in [2.05, 4.69) is 24.5 Å². The van der Waals surface area contributed by atoms with Crippen LogP contribution < -0.4 is 10.6 Å². The van der Waals surface area contributed by atoms with Gasteiger partial charge in [0.15, 0.2) is 0 Å². The molecule has 3 atom stereocenters. The Morgan fingerprint density at radius 2 is 1.26 bits per heavy atom. The summed E-state index contributed by atoms with van der Waals surface area (Å²) in [6.07, 6.45) is 0.629. The fourth-order valence-corrected chi connectivity index (χ4v) is 2.24. The number of carbonyl (C=O) groups is 1. The molecule has 8 nitrogen and oxygen atoms in total. The summed E-state index contributed by atoms with van der Waals surface area (Å²) in [7, 11) is 0. The SMILES string of the molecule is CCC(C)NCCOCCOCCOCCOCCOCC(F)CNC(=O)C(C)CC. The third-order valence-electron chi connectivity index (χ3n) is 4.70. The lowest BCUT2D eigenvalue weighted by atomic mass is 10.1. The summed E-state index contributed by atoms with van der Waals surface area (Å²) >= 11 is 0. The molecule has 3 unspecified atom stereocenters. The first-order valence-electron chi connectivity index (χ1n) is 11.5. The molecule has 0 aliphatic rings. The molecule has 31 heavy (non-hydrogen) atoms. The zero-order chi connectivity index (χ0) is 23.2. The lowest BCUT2D eigenvalue weighted by molar-refractivity contribution is -0.124. The molecule has 0 saturated heterocycles. The minimum Gasteiger partial charge on any atom is -0.378 e. The van der Waals surface area contributed by atoms with E-state index in [4.69, 9.17) is 23.7 Å². The first kappa shape index (κ1) is 30.2. The van der Waals surface area contributed by atoms with Crippen LogP contribution in [0.1, 0.15) is 40.5 Å². The van der Waals surface area contributed by atoms with Gasteiger partial charge in [0.2, 0.25) is 5.91 Å². The van der Waals surface area contributed by atoms with Crippen molar-refractivity contribution in [2.75, 3.05) is 79.2 Å². The Bertz CT molecular complexity index is 406. The van der Waals surface area contributed by atoms with E-state index in [1.165, 1.54) is 0 Å². The largest absolute Gasteiger partial charge is 0.378 e. The van der Waals surface area contributed by atoms with Crippen molar-refractivity contribution in [2.24, 2.45) is 5.92 Å². The van der Waals surface area contributed by atoms with Crippen LogP contribution in [0.15, 0.2) is 0 Å². The monoisotopic (exact) mass is 452 g/mol. The Hall–Kier alpha value is -0.840. The average molecular weight is 453 g/mol. The highest BCUT2D eigenvalue weighted by atomic mass is 19.1. The summed E-state index contributed by atoms with van der Waals surface area (Å²) in [5.74, 6) is -0.228. The maximum absolute atomic E-state index is 13.6. The van der Waals surface area contributed by atoms with Gasteiger partial charge in [-0.15, -0.1) is 0 Å². The lowest BCUT2D eigenvalue weighted by Gasteiger charge is -2.13. The topological polar surface area (TPSA) is 87.3 Å². The van der Waals surface area contributed by atoms with Crippen molar-refractivity contribution in [1.82, 2.24) is 10.6 Å². The molecule has 0 aliphatic heterocycles. The third-order valence-corrected chi connectivity index (χ3v) is 4.70. The quantitative estimate of drug-likeness (QED) is 0.229. The second kappa shape index (κ2) is 22.4. The normalized spacial score (nSPS) is 14.4. The molecule has 0 aromatic carbocycles. The van der Waals surface area contributed by atoms with Crippen LogP contribution in [0.25, 0.3) is 0 Å². The van der Waals surface area contributed by atoms with E-state index in [0.717, 1.165) is 19.4 Å². The Kier molecular flexibility index (Phi) is 21.8. The Labute approximate surface area is 187 Å². The number of alkyl halides is 1. The first-order chi connectivity index (χ1) is 15.0. The highest BCUT2D eigenvalue weighted by molar-refractivity contribution is 5.78. The molecule has 0 heterocycles. The van der Waals surface area contributed by atoms with Gasteiger partial charge >= 0.3 is 0 Å². The number of halogens is 1. The molecule has 2 N–H and O–H groups in total. The van der Waals surface area contributed by atoms with Gasteiger partial charge in [0.05, 0.1) is 72.6 Å². The van der Waals surface area contributed by atoms with Gasteiger partial charge in [-0.05, 0) is 19.8 Å². The van der Waals surface area contributed by atoms with Gasteiger partial charge in [0.25, 0.3) is 0 Å². The molecule has 0 spiro atoms. The number of amides is 1. The number of hydrogen-bond acceptors (Lipinski definition) is 7. The van der Waals surface area contributed by atoms with Crippen LogP contribution in [0.4, 0.5) is 4.39 Å². The summed E-state index contributed by atoms with van der Waals surface area (Å²) in [5.41, 5.74) is 0. The molecule has 0 aliphatic carbocycles. The Morgan fingerprint density at radius 1 is 0.774 bits per heavy atom. The molecule has 0 fully saturated rings. The highest BCUT2D eigenvalue weighted by Gasteiger charge is 2.13. The van der Waals surface area contributed by atoms with E-state index < -0.39 is 6.17 Å². The molecule has 1 amide bonds. The molecule has 0 aromatic heterocycles. The van der Waals surface area contributed by atoms with Crippen molar-refractivity contribution < 1.29 is 32.9 Å². The van der Waals surface area contributed by atoms with Gasteiger partial charge in [0, 0.05) is 18.5 Å². The van der Waals surface area contributed by atoms with Crippen LogP contribution in [-0.4, -0.2) is 97.3 Å². The number of nitrogens with one attached hydrogen (secondary N) is 2. The van der Waals surface area contributed by atoms with Gasteiger partial charge < -0.3 is 34.3 Å². The first-order valence-corrected chi connectivity index (χ1v) is 11.5. The molecular formula is C22H45FN2O6. The summed E-state index contributed by atoms with van der Waals surface area (Å²) in [5, 5.41) is 5.94. The second-order valence-corrected chi connectivity index (χ2v) is 7.44. The smallest absolute Gasteiger partial charge is 0.222 e. The molecule has 9 heteroatoms. The van der Waals surface area contributed by atoms with Crippen LogP contribution in [0.5, 0.6) is 0 Å². The molecule has 0 aromatic rings. The maximum atomic E-state index is 13.6. The van der Waals surface area contributed by atoms with Gasteiger partial charge in [-0.25, -0.2) is 4.39 Å². The number of ether oxygens (including phenoxy) is 5. The fourth-order valence-electron chi connectivity index (χ4n) is 2.24. The molecular weight excluding hydrogens is 407 g/mol. The van der Waals surface area contributed by atoms with Crippen molar-refractivity contribution in [3.05, 3.63) is 0 Å². The van der Waals surface area contributed by atoms with Crippen molar-refractivity contribution in [3.63, 3.8) is 0 Å². The standard InChI is InChI=1S/C22H45FN2O6/c1-5-19(3)22(26)25-17-21(23)18-31-16-15-30-14-13-29-12-11-28-10-9-27-8-7-24-20(4)6-2/h19-21,24H,5-18H2,1-4H3,(H,25,26).